The fraction of sp³-hybridized carbons (Fsp3) is 1.00. The van der Waals surface area contributed by atoms with Crippen LogP contribution in [0.15, 0.2) is 0 Å². The van der Waals surface area contributed by atoms with E-state index >= 15 is 0 Å². The largest absolute Gasteiger partial charge is 0.406 e. The van der Waals surface area contributed by atoms with Crippen molar-refractivity contribution in [2.24, 2.45) is 0 Å². The van der Waals surface area contributed by atoms with E-state index in [1.165, 1.54) is 7.11 Å². The smallest absolute Gasteiger partial charge is 0.383 e. The lowest BCUT2D eigenvalue weighted by atomic mass is 10.2. The summed E-state index contributed by atoms with van der Waals surface area (Å²) < 4.78 is 41.9. The standard InChI is InChI=1S/C8H14F3NO/c1-6(5-13-2)12-7(3-4-7)8(9,10)11/h6,12H,3-5H2,1-2H3. The highest BCUT2D eigenvalue weighted by atomic mass is 19.4. The zero-order valence-corrected chi connectivity index (χ0v) is 7.74. The van der Waals surface area contributed by atoms with E-state index in [0.29, 0.717) is 6.61 Å². The molecule has 0 bridgehead atoms. The summed E-state index contributed by atoms with van der Waals surface area (Å²) in [5.74, 6) is 0. The molecule has 0 aromatic heterocycles. The zero-order valence-electron chi connectivity index (χ0n) is 7.74. The van der Waals surface area contributed by atoms with Gasteiger partial charge in [-0.1, -0.05) is 0 Å². The second-order valence-electron chi connectivity index (χ2n) is 3.58. The predicted molar refractivity (Wildman–Crippen MR) is 42.5 cm³/mol. The maximum Gasteiger partial charge on any atom is 0.406 e. The van der Waals surface area contributed by atoms with E-state index in [0.717, 1.165) is 0 Å². The van der Waals surface area contributed by atoms with Crippen LogP contribution in [0.25, 0.3) is 0 Å². The second-order valence-corrected chi connectivity index (χ2v) is 3.58. The number of methoxy groups -OCH3 is 1. The molecule has 0 aliphatic heterocycles. The van der Waals surface area contributed by atoms with Crippen molar-refractivity contribution in [1.29, 1.82) is 0 Å². The maximum absolute atomic E-state index is 12.4. The van der Waals surface area contributed by atoms with Crippen molar-refractivity contribution in [1.82, 2.24) is 5.32 Å². The van der Waals surface area contributed by atoms with E-state index in [2.05, 4.69) is 5.32 Å². The fourth-order valence-corrected chi connectivity index (χ4v) is 1.40. The van der Waals surface area contributed by atoms with E-state index in [4.69, 9.17) is 4.74 Å². The summed E-state index contributed by atoms with van der Waals surface area (Å²) >= 11 is 0. The topological polar surface area (TPSA) is 21.3 Å². The minimum absolute atomic E-state index is 0.185. The number of halogens is 3. The number of hydrogen-bond donors (Lipinski definition) is 1. The lowest BCUT2D eigenvalue weighted by molar-refractivity contribution is -0.168. The molecule has 5 heteroatoms. The van der Waals surface area contributed by atoms with Crippen LogP contribution in [-0.2, 0) is 4.74 Å². The van der Waals surface area contributed by atoms with Crippen LogP contribution in [0.2, 0.25) is 0 Å². The third-order valence-electron chi connectivity index (χ3n) is 2.23. The summed E-state index contributed by atoms with van der Waals surface area (Å²) in [5, 5.41) is 2.56. The first kappa shape index (κ1) is 10.8. The minimum atomic E-state index is -4.13. The molecular formula is C8H14F3NO. The van der Waals surface area contributed by atoms with E-state index in [1.54, 1.807) is 6.92 Å². The second kappa shape index (κ2) is 3.46. The van der Waals surface area contributed by atoms with Gasteiger partial charge >= 0.3 is 6.18 Å². The highest BCUT2D eigenvalue weighted by Gasteiger charge is 2.63. The van der Waals surface area contributed by atoms with Crippen LogP contribution in [0.1, 0.15) is 19.8 Å². The van der Waals surface area contributed by atoms with Gasteiger partial charge in [-0.25, -0.2) is 0 Å². The molecular weight excluding hydrogens is 183 g/mol. The Morgan fingerprint density at radius 3 is 2.31 bits per heavy atom. The lowest BCUT2D eigenvalue weighted by Gasteiger charge is -2.24. The first-order valence-electron chi connectivity index (χ1n) is 4.25. The monoisotopic (exact) mass is 197 g/mol. The summed E-state index contributed by atoms with van der Waals surface area (Å²) in [7, 11) is 1.48. The van der Waals surface area contributed by atoms with Gasteiger partial charge in [-0.05, 0) is 19.8 Å². The van der Waals surface area contributed by atoms with Gasteiger partial charge in [0, 0.05) is 13.2 Å². The van der Waals surface area contributed by atoms with Crippen LogP contribution in [0.3, 0.4) is 0 Å². The Kier molecular flexibility index (Phi) is 2.87. The van der Waals surface area contributed by atoms with Crippen molar-refractivity contribution in [2.45, 2.75) is 37.5 Å². The van der Waals surface area contributed by atoms with Crippen LogP contribution in [-0.4, -0.2) is 31.5 Å². The fourth-order valence-electron chi connectivity index (χ4n) is 1.40. The molecule has 0 aromatic carbocycles. The van der Waals surface area contributed by atoms with Gasteiger partial charge in [0.2, 0.25) is 0 Å². The Morgan fingerprint density at radius 1 is 1.46 bits per heavy atom. The number of ether oxygens (including phenoxy) is 1. The van der Waals surface area contributed by atoms with E-state index in [-0.39, 0.29) is 18.9 Å². The minimum Gasteiger partial charge on any atom is -0.383 e. The highest BCUT2D eigenvalue weighted by molar-refractivity contribution is 5.08. The molecule has 13 heavy (non-hydrogen) atoms. The molecule has 0 amide bonds. The van der Waals surface area contributed by atoms with Gasteiger partial charge in [0.1, 0.15) is 5.54 Å². The zero-order chi connectivity index (χ0) is 10.1. The first-order chi connectivity index (χ1) is 5.91. The Labute approximate surface area is 75.4 Å². The average molecular weight is 197 g/mol. The maximum atomic E-state index is 12.4. The van der Waals surface area contributed by atoms with Crippen molar-refractivity contribution < 1.29 is 17.9 Å². The molecule has 2 nitrogen and oxygen atoms in total. The summed E-state index contributed by atoms with van der Waals surface area (Å²) in [6.45, 7) is 1.99. The Bertz CT molecular complexity index is 177. The third kappa shape index (κ3) is 2.34. The van der Waals surface area contributed by atoms with Gasteiger partial charge in [0.05, 0.1) is 6.61 Å². The number of alkyl halides is 3. The molecule has 78 valence electrons. The Morgan fingerprint density at radius 2 is 2.00 bits per heavy atom. The molecule has 1 rings (SSSR count). The van der Waals surface area contributed by atoms with Crippen molar-refractivity contribution in [3.8, 4) is 0 Å². The quantitative estimate of drug-likeness (QED) is 0.740. The summed E-state index contributed by atoms with van der Waals surface area (Å²) in [6.07, 6.45) is -3.76. The van der Waals surface area contributed by atoms with E-state index in [9.17, 15) is 13.2 Å². The summed E-state index contributed by atoms with van der Waals surface area (Å²) in [4.78, 5) is 0. The predicted octanol–water partition coefficient (Wildman–Crippen LogP) is 1.71. The van der Waals surface area contributed by atoms with Gasteiger partial charge in [-0.15, -0.1) is 0 Å². The van der Waals surface area contributed by atoms with E-state index in [1.807, 2.05) is 0 Å². The molecule has 0 aromatic rings. The Balaban J connectivity index is 2.44. The first-order valence-corrected chi connectivity index (χ1v) is 4.25. The average Bonchev–Trinajstić information content (AvgIpc) is 2.67. The van der Waals surface area contributed by atoms with Gasteiger partial charge in [-0.3, -0.25) is 5.32 Å². The van der Waals surface area contributed by atoms with Crippen LogP contribution < -0.4 is 5.32 Å². The van der Waals surface area contributed by atoms with Gasteiger partial charge in [0.25, 0.3) is 0 Å². The van der Waals surface area contributed by atoms with Gasteiger partial charge in [0.15, 0.2) is 0 Å². The van der Waals surface area contributed by atoms with Crippen molar-refractivity contribution in [3.63, 3.8) is 0 Å². The summed E-state index contributed by atoms with van der Waals surface area (Å²) in [6, 6.07) is -0.255. The molecule has 1 aliphatic carbocycles. The molecule has 1 unspecified atom stereocenters. The van der Waals surface area contributed by atoms with Gasteiger partial charge in [-0.2, -0.15) is 13.2 Å². The van der Waals surface area contributed by atoms with Crippen LogP contribution in [0.4, 0.5) is 13.2 Å². The summed E-state index contributed by atoms with van der Waals surface area (Å²) in [5.41, 5.74) is -1.62. The molecule has 0 heterocycles. The SMILES string of the molecule is COCC(C)NC1(C(F)(F)F)CC1. The molecule has 1 atom stereocenters. The van der Waals surface area contributed by atoms with E-state index < -0.39 is 11.7 Å². The molecule has 0 radical (unpaired) electrons. The molecule has 0 saturated heterocycles. The molecule has 1 N–H and O–H groups in total. The molecule has 0 spiro atoms. The third-order valence-corrected chi connectivity index (χ3v) is 2.23. The Hall–Kier alpha value is -0.290. The normalized spacial score (nSPS) is 22.8. The van der Waals surface area contributed by atoms with Crippen molar-refractivity contribution in [2.75, 3.05) is 13.7 Å². The molecule has 1 saturated carbocycles. The molecule has 1 aliphatic rings. The number of nitrogens with one attached hydrogen (secondary N) is 1. The number of hydrogen-bond acceptors (Lipinski definition) is 2. The van der Waals surface area contributed by atoms with Crippen LogP contribution in [0.5, 0.6) is 0 Å². The van der Waals surface area contributed by atoms with Crippen molar-refractivity contribution >= 4 is 0 Å². The number of rotatable bonds is 4. The highest BCUT2D eigenvalue weighted by Crippen LogP contribution is 2.49. The van der Waals surface area contributed by atoms with Crippen LogP contribution in [0, 0.1) is 0 Å². The molecule has 1 fully saturated rings. The van der Waals surface area contributed by atoms with Crippen LogP contribution >= 0.6 is 0 Å². The lowest BCUT2D eigenvalue weighted by Crippen LogP contribution is -2.50. The van der Waals surface area contributed by atoms with Gasteiger partial charge < -0.3 is 4.74 Å². The van der Waals surface area contributed by atoms with Crippen molar-refractivity contribution in [3.05, 3.63) is 0 Å².